The highest BCUT2D eigenvalue weighted by atomic mass is 16.2. The second kappa shape index (κ2) is 5.67. The molecule has 92 valence electrons. The Morgan fingerprint density at radius 2 is 2.31 bits per heavy atom. The van der Waals surface area contributed by atoms with E-state index >= 15 is 0 Å². The molecule has 0 saturated carbocycles. The van der Waals surface area contributed by atoms with Gasteiger partial charge in [-0.2, -0.15) is 0 Å². The highest BCUT2D eigenvalue weighted by Crippen LogP contribution is 2.45. The van der Waals surface area contributed by atoms with Gasteiger partial charge < -0.3 is 5.11 Å². The van der Waals surface area contributed by atoms with Crippen LogP contribution in [0.15, 0.2) is 23.3 Å². The van der Waals surface area contributed by atoms with E-state index in [0.717, 1.165) is 12.3 Å². The molecule has 0 unspecified atom stereocenters. The molecule has 0 aromatic heterocycles. The third-order valence-electron chi connectivity index (χ3n) is 4.52. The maximum absolute atomic E-state index is 8.85. The van der Waals surface area contributed by atoms with Crippen molar-refractivity contribution in [3.63, 3.8) is 0 Å². The fourth-order valence-electron chi connectivity index (χ4n) is 2.65. The molecule has 0 saturated heterocycles. The van der Waals surface area contributed by atoms with E-state index in [1.54, 1.807) is 5.57 Å². The Balaban J connectivity index is 2.66. The Kier molecular flexibility index (Phi) is 4.79. The molecule has 0 aliphatic heterocycles. The first-order valence-corrected chi connectivity index (χ1v) is 6.44. The van der Waals surface area contributed by atoms with Crippen LogP contribution >= 0.6 is 0 Å². The molecular formula is C15H26O. The van der Waals surface area contributed by atoms with Crippen LogP contribution in [0.2, 0.25) is 0 Å². The van der Waals surface area contributed by atoms with Gasteiger partial charge in [-0.3, -0.25) is 0 Å². The van der Waals surface area contributed by atoms with Crippen LogP contribution < -0.4 is 0 Å². The summed E-state index contributed by atoms with van der Waals surface area (Å²) in [6, 6.07) is 0. The molecule has 1 N–H and O–H groups in total. The summed E-state index contributed by atoms with van der Waals surface area (Å²) in [5.41, 5.74) is 3.24. The molecular weight excluding hydrogens is 196 g/mol. The highest BCUT2D eigenvalue weighted by molar-refractivity contribution is 5.16. The highest BCUT2D eigenvalue weighted by Gasteiger charge is 2.34. The van der Waals surface area contributed by atoms with Crippen molar-refractivity contribution >= 4 is 0 Å². The number of aliphatic hydroxyl groups is 1. The summed E-state index contributed by atoms with van der Waals surface area (Å²) in [6.45, 7) is 9.34. The van der Waals surface area contributed by atoms with Crippen molar-refractivity contribution in [2.75, 3.05) is 6.61 Å². The van der Waals surface area contributed by atoms with E-state index in [4.69, 9.17) is 5.11 Å². The van der Waals surface area contributed by atoms with Crippen molar-refractivity contribution in [2.45, 2.75) is 53.4 Å². The maximum atomic E-state index is 8.85. The van der Waals surface area contributed by atoms with Crippen LogP contribution in [-0.4, -0.2) is 11.7 Å². The van der Waals surface area contributed by atoms with Gasteiger partial charge in [-0.15, -0.1) is 0 Å². The summed E-state index contributed by atoms with van der Waals surface area (Å²) >= 11 is 0. The first-order chi connectivity index (χ1) is 7.50. The van der Waals surface area contributed by atoms with Gasteiger partial charge in [0, 0.05) is 0 Å². The van der Waals surface area contributed by atoms with Crippen LogP contribution in [0.3, 0.4) is 0 Å². The zero-order valence-electron chi connectivity index (χ0n) is 11.2. The number of allylic oxidation sites excluding steroid dienone is 3. The molecule has 0 fully saturated rings. The monoisotopic (exact) mass is 222 g/mol. The lowest BCUT2D eigenvalue weighted by Gasteiger charge is -2.40. The number of hydrogen-bond donors (Lipinski definition) is 1. The largest absolute Gasteiger partial charge is 0.392 e. The van der Waals surface area contributed by atoms with Crippen molar-refractivity contribution in [3.05, 3.63) is 23.3 Å². The smallest absolute Gasteiger partial charge is 0.0614 e. The maximum Gasteiger partial charge on any atom is 0.0614 e. The molecule has 0 bridgehead atoms. The van der Waals surface area contributed by atoms with Crippen molar-refractivity contribution < 1.29 is 5.11 Å². The zero-order valence-corrected chi connectivity index (χ0v) is 11.2. The van der Waals surface area contributed by atoms with Crippen LogP contribution in [0, 0.1) is 11.3 Å². The molecule has 1 heteroatoms. The van der Waals surface area contributed by atoms with Gasteiger partial charge in [-0.25, -0.2) is 0 Å². The van der Waals surface area contributed by atoms with Gasteiger partial charge in [0.15, 0.2) is 0 Å². The van der Waals surface area contributed by atoms with Crippen LogP contribution in [0.1, 0.15) is 53.4 Å². The van der Waals surface area contributed by atoms with Gasteiger partial charge in [0.05, 0.1) is 6.61 Å². The van der Waals surface area contributed by atoms with Gasteiger partial charge in [0.2, 0.25) is 0 Å². The van der Waals surface area contributed by atoms with Crippen LogP contribution in [0.5, 0.6) is 0 Å². The van der Waals surface area contributed by atoms with Gasteiger partial charge in [-0.05, 0) is 50.9 Å². The third kappa shape index (κ3) is 2.98. The lowest BCUT2D eigenvalue weighted by atomic mass is 9.65. The molecule has 0 spiro atoms. The summed E-state index contributed by atoms with van der Waals surface area (Å²) in [5, 5.41) is 8.85. The van der Waals surface area contributed by atoms with E-state index in [1.807, 2.05) is 6.08 Å². The van der Waals surface area contributed by atoms with E-state index < -0.39 is 0 Å². The molecule has 0 heterocycles. The number of aliphatic hydroxyl groups excluding tert-OH is 1. The fraction of sp³-hybridized carbons (Fsp3) is 0.733. The third-order valence-corrected chi connectivity index (χ3v) is 4.52. The minimum Gasteiger partial charge on any atom is -0.392 e. The first kappa shape index (κ1) is 13.5. The lowest BCUT2D eigenvalue weighted by molar-refractivity contribution is 0.211. The Morgan fingerprint density at radius 3 is 2.88 bits per heavy atom. The minimum atomic E-state index is 0.174. The Labute approximate surface area is 100 Å². The first-order valence-electron chi connectivity index (χ1n) is 6.44. The summed E-state index contributed by atoms with van der Waals surface area (Å²) in [5.74, 6) is 0.777. The van der Waals surface area contributed by atoms with Crippen LogP contribution in [-0.2, 0) is 0 Å². The SMILES string of the molecule is CC1=CCC[C@@H](C)[C@]1(C)CC/C(C)=C/CO. The molecule has 0 aromatic carbocycles. The topological polar surface area (TPSA) is 20.2 Å². The summed E-state index contributed by atoms with van der Waals surface area (Å²) in [6.07, 6.45) is 9.21. The zero-order chi connectivity index (χ0) is 12.2. The van der Waals surface area contributed by atoms with Gasteiger partial charge >= 0.3 is 0 Å². The molecule has 16 heavy (non-hydrogen) atoms. The lowest BCUT2D eigenvalue weighted by Crippen LogP contribution is -2.29. The molecule has 2 atom stereocenters. The van der Waals surface area contributed by atoms with Crippen molar-refractivity contribution in [1.29, 1.82) is 0 Å². The molecule has 1 aliphatic carbocycles. The van der Waals surface area contributed by atoms with E-state index in [0.29, 0.717) is 5.41 Å². The van der Waals surface area contributed by atoms with E-state index in [-0.39, 0.29) is 6.61 Å². The number of hydrogen-bond acceptors (Lipinski definition) is 1. The average Bonchev–Trinajstić information content (AvgIpc) is 2.24. The molecule has 0 amide bonds. The van der Waals surface area contributed by atoms with Crippen LogP contribution in [0.25, 0.3) is 0 Å². The quantitative estimate of drug-likeness (QED) is 0.710. The second-order valence-corrected chi connectivity index (χ2v) is 5.52. The summed E-state index contributed by atoms with van der Waals surface area (Å²) in [4.78, 5) is 0. The minimum absolute atomic E-state index is 0.174. The normalized spacial score (nSPS) is 31.4. The Morgan fingerprint density at radius 1 is 1.62 bits per heavy atom. The van der Waals surface area contributed by atoms with E-state index in [1.165, 1.54) is 24.8 Å². The molecule has 0 aromatic rings. The molecule has 1 aliphatic rings. The van der Waals surface area contributed by atoms with E-state index in [9.17, 15) is 0 Å². The summed E-state index contributed by atoms with van der Waals surface area (Å²) < 4.78 is 0. The van der Waals surface area contributed by atoms with Gasteiger partial charge in [0.1, 0.15) is 0 Å². The Bertz CT molecular complexity index is 288. The molecule has 0 radical (unpaired) electrons. The average molecular weight is 222 g/mol. The van der Waals surface area contributed by atoms with Crippen molar-refractivity contribution in [2.24, 2.45) is 11.3 Å². The van der Waals surface area contributed by atoms with E-state index in [2.05, 4.69) is 33.8 Å². The molecule has 1 nitrogen and oxygen atoms in total. The van der Waals surface area contributed by atoms with Gasteiger partial charge in [0.25, 0.3) is 0 Å². The van der Waals surface area contributed by atoms with Crippen molar-refractivity contribution in [1.82, 2.24) is 0 Å². The molecule has 1 rings (SSSR count). The predicted molar refractivity (Wildman–Crippen MR) is 70.3 cm³/mol. The van der Waals surface area contributed by atoms with Gasteiger partial charge in [-0.1, -0.05) is 37.1 Å². The van der Waals surface area contributed by atoms with Crippen molar-refractivity contribution in [3.8, 4) is 0 Å². The second-order valence-electron chi connectivity index (χ2n) is 5.52. The number of rotatable bonds is 4. The Hall–Kier alpha value is -0.560. The summed E-state index contributed by atoms with van der Waals surface area (Å²) in [7, 11) is 0. The predicted octanol–water partition coefficient (Wildman–Crippen LogP) is 4.09. The van der Waals surface area contributed by atoms with Crippen LogP contribution in [0.4, 0.5) is 0 Å². The standard InChI is InChI=1S/C15H26O/c1-12(9-11-16)8-10-15(4)13(2)6-5-7-14(15)3/h6,9,14,16H,5,7-8,10-11H2,1-4H3/b12-9+/t14-,15-/m1/s1. The fourth-order valence-corrected chi connectivity index (χ4v) is 2.65.